The van der Waals surface area contributed by atoms with E-state index in [0.29, 0.717) is 22.8 Å². The molecule has 0 spiro atoms. The molecule has 2 N–H and O–H groups in total. The average molecular weight is 359 g/mol. The standard InChI is InChI=1S/C18H19ClN4O2/c1-18(2)9-20-14(8-25-18)11-3-5-12(6-4-11)23-15(19)7-13-16(23)21-10-22-17(13)24/h3-7,10,14,20H,8-9H2,1-2H3,(H,21,22,24). The maximum atomic E-state index is 11.9. The summed E-state index contributed by atoms with van der Waals surface area (Å²) in [6.45, 7) is 5.59. The third-order valence-corrected chi connectivity index (χ3v) is 4.80. The van der Waals surface area contributed by atoms with Crippen LogP contribution in [0.15, 0.2) is 41.5 Å². The first-order valence-electron chi connectivity index (χ1n) is 8.17. The minimum atomic E-state index is -0.201. The van der Waals surface area contributed by atoms with Crippen LogP contribution >= 0.6 is 11.6 Å². The molecule has 6 nitrogen and oxygen atoms in total. The van der Waals surface area contributed by atoms with Crippen LogP contribution in [0.5, 0.6) is 0 Å². The zero-order valence-electron chi connectivity index (χ0n) is 14.0. The lowest BCUT2D eigenvalue weighted by Crippen LogP contribution is -2.47. The molecule has 0 saturated carbocycles. The molecule has 3 heterocycles. The van der Waals surface area contributed by atoms with Crippen LogP contribution < -0.4 is 10.9 Å². The molecule has 4 rings (SSSR count). The molecule has 3 aromatic rings. The molecule has 0 radical (unpaired) electrons. The summed E-state index contributed by atoms with van der Waals surface area (Å²) in [4.78, 5) is 18.7. The molecular formula is C18H19ClN4O2. The highest BCUT2D eigenvalue weighted by molar-refractivity contribution is 6.31. The van der Waals surface area contributed by atoms with Gasteiger partial charge in [0.1, 0.15) is 5.15 Å². The first kappa shape index (κ1) is 16.3. The fourth-order valence-electron chi connectivity index (χ4n) is 3.10. The van der Waals surface area contributed by atoms with Crippen molar-refractivity contribution in [2.75, 3.05) is 13.2 Å². The van der Waals surface area contributed by atoms with Crippen molar-refractivity contribution in [2.24, 2.45) is 0 Å². The van der Waals surface area contributed by atoms with Gasteiger partial charge in [-0.05, 0) is 37.6 Å². The second kappa shape index (κ2) is 5.98. The smallest absolute Gasteiger partial charge is 0.260 e. The van der Waals surface area contributed by atoms with E-state index in [4.69, 9.17) is 16.3 Å². The first-order valence-corrected chi connectivity index (χ1v) is 8.55. The van der Waals surface area contributed by atoms with Gasteiger partial charge >= 0.3 is 0 Å². The molecule has 1 aliphatic heterocycles. The highest BCUT2D eigenvalue weighted by atomic mass is 35.5. The van der Waals surface area contributed by atoms with E-state index in [1.807, 2.05) is 24.3 Å². The number of morpholine rings is 1. The van der Waals surface area contributed by atoms with Gasteiger partial charge in [0.25, 0.3) is 5.56 Å². The van der Waals surface area contributed by atoms with Gasteiger partial charge in [0.2, 0.25) is 0 Å². The minimum absolute atomic E-state index is 0.132. The van der Waals surface area contributed by atoms with Crippen LogP contribution in [0.2, 0.25) is 5.15 Å². The van der Waals surface area contributed by atoms with Crippen molar-refractivity contribution in [3.63, 3.8) is 0 Å². The number of nitrogens with zero attached hydrogens (tertiary/aromatic N) is 2. The number of hydrogen-bond donors (Lipinski definition) is 2. The summed E-state index contributed by atoms with van der Waals surface area (Å²) in [5.41, 5.74) is 2.22. The Morgan fingerprint density at radius 3 is 2.76 bits per heavy atom. The molecule has 1 unspecified atom stereocenters. The summed E-state index contributed by atoms with van der Waals surface area (Å²) >= 11 is 6.33. The number of aromatic nitrogens is 3. The van der Waals surface area contributed by atoms with Gasteiger partial charge in [0.15, 0.2) is 5.65 Å². The van der Waals surface area contributed by atoms with E-state index < -0.39 is 0 Å². The fraction of sp³-hybridized carbons (Fsp3) is 0.333. The summed E-state index contributed by atoms with van der Waals surface area (Å²) in [6.07, 6.45) is 1.39. The van der Waals surface area contributed by atoms with Gasteiger partial charge in [-0.3, -0.25) is 9.36 Å². The Bertz CT molecular complexity index is 965. The zero-order valence-corrected chi connectivity index (χ0v) is 14.8. The van der Waals surface area contributed by atoms with Crippen molar-refractivity contribution in [2.45, 2.75) is 25.5 Å². The van der Waals surface area contributed by atoms with E-state index in [2.05, 4.69) is 29.1 Å². The lowest BCUT2D eigenvalue weighted by Gasteiger charge is -2.36. The number of halogens is 1. The van der Waals surface area contributed by atoms with Gasteiger partial charge < -0.3 is 15.0 Å². The average Bonchev–Trinajstić information content (AvgIpc) is 2.93. The zero-order chi connectivity index (χ0) is 17.6. The highest BCUT2D eigenvalue weighted by Crippen LogP contribution is 2.27. The van der Waals surface area contributed by atoms with E-state index in [-0.39, 0.29) is 17.2 Å². The van der Waals surface area contributed by atoms with Crippen LogP contribution in [-0.4, -0.2) is 33.3 Å². The molecule has 1 aliphatic rings. The number of fused-ring (bicyclic) bond motifs is 1. The van der Waals surface area contributed by atoms with E-state index in [1.165, 1.54) is 6.33 Å². The van der Waals surface area contributed by atoms with Crippen LogP contribution in [0.4, 0.5) is 0 Å². The van der Waals surface area contributed by atoms with E-state index >= 15 is 0 Å². The fourth-order valence-corrected chi connectivity index (χ4v) is 3.38. The molecule has 130 valence electrons. The van der Waals surface area contributed by atoms with Crippen LogP contribution in [0, 0.1) is 0 Å². The Balaban J connectivity index is 1.66. The van der Waals surface area contributed by atoms with Crippen LogP contribution in [0.1, 0.15) is 25.5 Å². The molecule has 0 amide bonds. The Labute approximate surface area is 149 Å². The normalized spacial score (nSPS) is 20.0. The molecule has 2 aromatic heterocycles. The molecule has 7 heteroatoms. The number of H-pyrrole nitrogens is 1. The molecule has 0 aliphatic carbocycles. The number of ether oxygens (including phenoxy) is 1. The Morgan fingerprint density at radius 2 is 2.08 bits per heavy atom. The predicted octanol–water partition coefficient (Wildman–Crippen LogP) is 2.81. The summed E-state index contributed by atoms with van der Waals surface area (Å²) in [5, 5.41) is 4.44. The van der Waals surface area contributed by atoms with Crippen LogP contribution in [0.25, 0.3) is 16.7 Å². The maximum absolute atomic E-state index is 11.9. The Morgan fingerprint density at radius 1 is 1.32 bits per heavy atom. The van der Waals surface area contributed by atoms with Gasteiger partial charge in [0.05, 0.1) is 30.0 Å². The van der Waals surface area contributed by atoms with E-state index in [0.717, 1.165) is 17.8 Å². The number of hydrogen-bond acceptors (Lipinski definition) is 4. The van der Waals surface area contributed by atoms with Crippen molar-refractivity contribution >= 4 is 22.6 Å². The van der Waals surface area contributed by atoms with Gasteiger partial charge in [-0.15, -0.1) is 0 Å². The molecule has 1 saturated heterocycles. The van der Waals surface area contributed by atoms with Gasteiger partial charge in [-0.2, -0.15) is 0 Å². The van der Waals surface area contributed by atoms with Gasteiger partial charge in [-0.1, -0.05) is 23.7 Å². The first-order chi connectivity index (χ1) is 11.9. The monoisotopic (exact) mass is 358 g/mol. The SMILES string of the molecule is CC1(C)CNC(c2ccc(-n3c(Cl)cc4c(=O)[nH]cnc43)cc2)CO1. The van der Waals surface area contributed by atoms with E-state index in [1.54, 1.807) is 10.6 Å². The van der Waals surface area contributed by atoms with Crippen molar-refractivity contribution < 1.29 is 4.74 Å². The second-order valence-corrected chi connectivity index (χ2v) is 7.25. The number of rotatable bonds is 2. The molecule has 0 bridgehead atoms. The van der Waals surface area contributed by atoms with Crippen LogP contribution in [0.3, 0.4) is 0 Å². The van der Waals surface area contributed by atoms with Crippen molar-refractivity contribution in [3.8, 4) is 5.69 Å². The van der Waals surface area contributed by atoms with Gasteiger partial charge in [0, 0.05) is 12.2 Å². The summed E-state index contributed by atoms with van der Waals surface area (Å²) in [5.74, 6) is 0. The summed E-state index contributed by atoms with van der Waals surface area (Å²) < 4.78 is 7.66. The molecule has 1 aromatic carbocycles. The van der Waals surface area contributed by atoms with E-state index in [9.17, 15) is 4.79 Å². The number of nitrogens with one attached hydrogen (secondary N) is 2. The highest BCUT2D eigenvalue weighted by Gasteiger charge is 2.27. The lowest BCUT2D eigenvalue weighted by atomic mass is 10.0. The quantitative estimate of drug-likeness (QED) is 0.739. The Hall–Kier alpha value is -2.15. The maximum Gasteiger partial charge on any atom is 0.260 e. The number of aromatic amines is 1. The lowest BCUT2D eigenvalue weighted by molar-refractivity contribution is -0.0586. The van der Waals surface area contributed by atoms with Crippen LogP contribution in [-0.2, 0) is 4.74 Å². The summed E-state index contributed by atoms with van der Waals surface area (Å²) in [6, 6.07) is 9.85. The number of benzene rings is 1. The van der Waals surface area contributed by atoms with Crippen molar-refractivity contribution in [1.82, 2.24) is 19.9 Å². The second-order valence-electron chi connectivity index (χ2n) is 6.87. The molecule has 1 fully saturated rings. The van der Waals surface area contributed by atoms with Crippen molar-refractivity contribution in [1.29, 1.82) is 0 Å². The molecular weight excluding hydrogens is 340 g/mol. The van der Waals surface area contributed by atoms with Gasteiger partial charge in [-0.25, -0.2) is 4.98 Å². The summed E-state index contributed by atoms with van der Waals surface area (Å²) in [7, 11) is 0. The predicted molar refractivity (Wildman–Crippen MR) is 97.5 cm³/mol. The minimum Gasteiger partial charge on any atom is -0.372 e. The topological polar surface area (TPSA) is 71.9 Å². The third kappa shape index (κ3) is 2.97. The largest absolute Gasteiger partial charge is 0.372 e. The molecule has 25 heavy (non-hydrogen) atoms. The Kier molecular flexibility index (Phi) is 3.91. The molecule has 1 atom stereocenters. The van der Waals surface area contributed by atoms with Crippen molar-refractivity contribution in [3.05, 3.63) is 57.7 Å². The third-order valence-electron chi connectivity index (χ3n) is 4.53.